The average Bonchev–Trinajstić information content (AvgIpc) is 2.34. The summed E-state index contributed by atoms with van der Waals surface area (Å²) >= 11 is 3.44. The Balaban J connectivity index is 2.33. The first-order valence-corrected chi connectivity index (χ1v) is 6.03. The highest BCUT2D eigenvalue weighted by Gasteiger charge is 2.06. The van der Waals surface area contributed by atoms with Crippen LogP contribution in [0.1, 0.15) is 6.92 Å². The van der Waals surface area contributed by atoms with Gasteiger partial charge in [-0.15, -0.1) is 0 Å². The maximum absolute atomic E-state index is 4.15. The van der Waals surface area contributed by atoms with Crippen LogP contribution in [0.25, 0.3) is 0 Å². The highest BCUT2D eigenvalue weighted by atomic mass is 79.9. The van der Waals surface area contributed by atoms with Crippen molar-refractivity contribution in [2.45, 2.75) is 6.92 Å². The van der Waals surface area contributed by atoms with E-state index in [9.17, 15) is 0 Å². The number of halogens is 1. The Bertz CT molecular complexity index is 439. The smallest absolute Gasteiger partial charge is 0.0597 e. The summed E-state index contributed by atoms with van der Waals surface area (Å²) in [5.74, 6) is 0. The van der Waals surface area contributed by atoms with Gasteiger partial charge in [0.2, 0.25) is 0 Å². The molecule has 1 heterocycles. The van der Waals surface area contributed by atoms with Gasteiger partial charge in [0.25, 0.3) is 0 Å². The average molecular weight is 277 g/mol. The van der Waals surface area contributed by atoms with Crippen molar-refractivity contribution in [1.29, 1.82) is 0 Å². The second-order valence-corrected chi connectivity index (χ2v) is 4.35. The molecule has 2 aromatic rings. The number of anilines is 2. The standard InChI is InChI=1S/C13H13BrN2/c1-2-16(13-4-3-9-15-10-13)12-7-5-11(14)6-8-12/h3-10H,2H2,1H3. The number of hydrogen-bond acceptors (Lipinski definition) is 2. The molecule has 0 radical (unpaired) electrons. The van der Waals surface area contributed by atoms with Gasteiger partial charge in [-0.05, 0) is 43.3 Å². The van der Waals surface area contributed by atoms with Crippen LogP contribution in [0.4, 0.5) is 11.4 Å². The molecule has 0 aliphatic heterocycles. The van der Waals surface area contributed by atoms with Crippen LogP contribution in [-0.2, 0) is 0 Å². The monoisotopic (exact) mass is 276 g/mol. The topological polar surface area (TPSA) is 16.1 Å². The van der Waals surface area contributed by atoms with Gasteiger partial charge in [0.1, 0.15) is 0 Å². The fourth-order valence-corrected chi connectivity index (χ4v) is 1.91. The molecule has 1 aromatic heterocycles. The lowest BCUT2D eigenvalue weighted by atomic mass is 10.2. The summed E-state index contributed by atoms with van der Waals surface area (Å²) in [5.41, 5.74) is 2.30. The number of benzene rings is 1. The molecule has 0 saturated carbocycles. The summed E-state index contributed by atoms with van der Waals surface area (Å²) < 4.78 is 1.10. The SMILES string of the molecule is CCN(c1ccc(Br)cc1)c1cccnc1. The van der Waals surface area contributed by atoms with E-state index >= 15 is 0 Å². The fourth-order valence-electron chi connectivity index (χ4n) is 1.65. The van der Waals surface area contributed by atoms with Gasteiger partial charge in [-0.3, -0.25) is 4.98 Å². The second-order valence-electron chi connectivity index (χ2n) is 3.43. The van der Waals surface area contributed by atoms with Gasteiger partial charge in [0, 0.05) is 22.9 Å². The van der Waals surface area contributed by atoms with E-state index in [1.807, 2.05) is 24.4 Å². The molecule has 0 aliphatic carbocycles. The van der Waals surface area contributed by atoms with Gasteiger partial charge in [0.05, 0.1) is 11.9 Å². The van der Waals surface area contributed by atoms with Crippen molar-refractivity contribution in [3.63, 3.8) is 0 Å². The summed E-state index contributed by atoms with van der Waals surface area (Å²) in [6.45, 7) is 3.06. The Morgan fingerprint density at radius 1 is 1.12 bits per heavy atom. The largest absolute Gasteiger partial charge is 0.341 e. The minimum Gasteiger partial charge on any atom is -0.341 e. The highest BCUT2D eigenvalue weighted by molar-refractivity contribution is 9.10. The molecular formula is C13H13BrN2. The van der Waals surface area contributed by atoms with Crippen molar-refractivity contribution in [2.75, 3.05) is 11.4 Å². The van der Waals surface area contributed by atoms with Crippen LogP contribution < -0.4 is 4.90 Å². The molecular weight excluding hydrogens is 264 g/mol. The van der Waals surface area contributed by atoms with E-state index in [4.69, 9.17) is 0 Å². The maximum Gasteiger partial charge on any atom is 0.0597 e. The van der Waals surface area contributed by atoms with E-state index in [0.717, 1.165) is 16.7 Å². The normalized spacial score (nSPS) is 10.1. The molecule has 0 aliphatic rings. The number of hydrogen-bond donors (Lipinski definition) is 0. The van der Waals surface area contributed by atoms with Crippen molar-refractivity contribution in [1.82, 2.24) is 4.98 Å². The first-order chi connectivity index (χ1) is 7.81. The lowest BCUT2D eigenvalue weighted by Crippen LogP contribution is -2.15. The van der Waals surface area contributed by atoms with E-state index in [0.29, 0.717) is 0 Å². The van der Waals surface area contributed by atoms with Gasteiger partial charge >= 0.3 is 0 Å². The highest BCUT2D eigenvalue weighted by Crippen LogP contribution is 2.25. The summed E-state index contributed by atoms with van der Waals surface area (Å²) in [4.78, 5) is 6.37. The molecule has 16 heavy (non-hydrogen) atoms. The van der Waals surface area contributed by atoms with Crippen LogP contribution in [0, 0.1) is 0 Å². The number of aromatic nitrogens is 1. The predicted octanol–water partition coefficient (Wildman–Crippen LogP) is 4.00. The fraction of sp³-hybridized carbons (Fsp3) is 0.154. The Morgan fingerprint density at radius 3 is 2.44 bits per heavy atom. The molecule has 0 spiro atoms. The first kappa shape index (κ1) is 11.1. The van der Waals surface area contributed by atoms with Gasteiger partial charge in [-0.1, -0.05) is 15.9 Å². The molecule has 2 nitrogen and oxygen atoms in total. The Morgan fingerprint density at radius 2 is 1.88 bits per heavy atom. The molecule has 0 bridgehead atoms. The van der Waals surface area contributed by atoms with Crippen LogP contribution in [0.15, 0.2) is 53.3 Å². The Labute approximate surface area is 104 Å². The third kappa shape index (κ3) is 2.42. The molecule has 1 aromatic carbocycles. The Hall–Kier alpha value is -1.35. The van der Waals surface area contributed by atoms with Crippen molar-refractivity contribution < 1.29 is 0 Å². The van der Waals surface area contributed by atoms with Crippen LogP contribution in [0.5, 0.6) is 0 Å². The van der Waals surface area contributed by atoms with E-state index in [1.54, 1.807) is 6.20 Å². The molecule has 82 valence electrons. The van der Waals surface area contributed by atoms with Gasteiger partial charge in [-0.2, -0.15) is 0 Å². The van der Waals surface area contributed by atoms with E-state index in [2.05, 4.69) is 50.9 Å². The van der Waals surface area contributed by atoms with Crippen LogP contribution in [-0.4, -0.2) is 11.5 Å². The molecule has 0 N–H and O–H groups in total. The van der Waals surface area contributed by atoms with Gasteiger partial charge < -0.3 is 4.90 Å². The summed E-state index contributed by atoms with van der Waals surface area (Å²) in [5, 5.41) is 0. The van der Waals surface area contributed by atoms with Crippen LogP contribution in [0.3, 0.4) is 0 Å². The lowest BCUT2D eigenvalue weighted by Gasteiger charge is -2.22. The van der Waals surface area contributed by atoms with Crippen LogP contribution in [0.2, 0.25) is 0 Å². The number of rotatable bonds is 3. The minimum absolute atomic E-state index is 0.924. The molecule has 0 fully saturated rings. The van der Waals surface area contributed by atoms with Crippen molar-refractivity contribution in [3.8, 4) is 0 Å². The quantitative estimate of drug-likeness (QED) is 0.842. The summed E-state index contributed by atoms with van der Waals surface area (Å²) in [7, 11) is 0. The number of nitrogens with zero attached hydrogens (tertiary/aromatic N) is 2. The summed E-state index contributed by atoms with van der Waals surface area (Å²) in [6.07, 6.45) is 3.67. The van der Waals surface area contributed by atoms with E-state index in [-0.39, 0.29) is 0 Å². The third-order valence-corrected chi connectivity index (χ3v) is 2.94. The Kier molecular flexibility index (Phi) is 3.57. The van der Waals surface area contributed by atoms with Crippen LogP contribution >= 0.6 is 15.9 Å². The lowest BCUT2D eigenvalue weighted by molar-refractivity contribution is 1.01. The molecule has 0 amide bonds. The third-order valence-electron chi connectivity index (χ3n) is 2.41. The predicted molar refractivity (Wildman–Crippen MR) is 71.1 cm³/mol. The molecule has 0 atom stereocenters. The number of pyridine rings is 1. The minimum atomic E-state index is 0.924. The zero-order valence-corrected chi connectivity index (χ0v) is 10.7. The molecule has 0 saturated heterocycles. The summed E-state index contributed by atoms with van der Waals surface area (Å²) in [6, 6.07) is 12.3. The second kappa shape index (κ2) is 5.12. The van der Waals surface area contributed by atoms with E-state index in [1.165, 1.54) is 5.69 Å². The first-order valence-electron chi connectivity index (χ1n) is 5.24. The van der Waals surface area contributed by atoms with Crippen molar-refractivity contribution in [2.24, 2.45) is 0 Å². The molecule has 0 unspecified atom stereocenters. The molecule has 2 rings (SSSR count). The zero-order chi connectivity index (χ0) is 11.4. The maximum atomic E-state index is 4.15. The molecule has 3 heteroatoms. The zero-order valence-electron chi connectivity index (χ0n) is 9.10. The van der Waals surface area contributed by atoms with Crippen molar-refractivity contribution in [3.05, 3.63) is 53.3 Å². The van der Waals surface area contributed by atoms with Gasteiger partial charge in [0.15, 0.2) is 0 Å². The van der Waals surface area contributed by atoms with E-state index < -0.39 is 0 Å². The van der Waals surface area contributed by atoms with Crippen molar-refractivity contribution >= 4 is 27.3 Å². The van der Waals surface area contributed by atoms with Gasteiger partial charge in [-0.25, -0.2) is 0 Å².